The highest BCUT2D eigenvalue weighted by molar-refractivity contribution is 7.93. The number of halogens is 4. The van der Waals surface area contributed by atoms with Crippen LogP contribution in [0.15, 0.2) is 94.7 Å². The number of aryl methyl sites for hydroxylation is 2. The van der Waals surface area contributed by atoms with E-state index in [1.165, 1.54) is 30.3 Å². The molecule has 4 aromatic rings. The monoisotopic (exact) mass is 637 g/mol. The molecule has 4 aromatic carbocycles. The first-order chi connectivity index (χ1) is 19.5. The van der Waals surface area contributed by atoms with Crippen LogP contribution in [0.3, 0.4) is 0 Å². The maximum Gasteiger partial charge on any atom is 0.417 e. The van der Waals surface area contributed by atoms with E-state index in [4.69, 9.17) is 11.6 Å². The minimum Gasteiger partial charge on any atom is -0.322 e. The molecule has 0 aliphatic heterocycles. The highest BCUT2D eigenvalue weighted by Gasteiger charge is 2.33. The third kappa shape index (κ3) is 7.22. The van der Waals surface area contributed by atoms with Gasteiger partial charge in [0.05, 0.1) is 20.4 Å². The second-order valence-electron chi connectivity index (χ2n) is 9.23. The van der Waals surface area contributed by atoms with Crippen molar-refractivity contribution in [1.29, 1.82) is 0 Å². The van der Waals surface area contributed by atoms with E-state index in [2.05, 4.69) is 14.8 Å². The fourth-order valence-corrected chi connectivity index (χ4v) is 6.41. The molecule has 0 aliphatic rings. The molecular weight excluding hydrogens is 615 g/mol. The van der Waals surface area contributed by atoms with Gasteiger partial charge in [-0.25, -0.2) is 16.8 Å². The number of amides is 1. The van der Waals surface area contributed by atoms with Crippen molar-refractivity contribution in [1.82, 2.24) is 0 Å². The van der Waals surface area contributed by atoms with Crippen LogP contribution < -0.4 is 14.8 Å². The average molecular weight is 638 g/mol. The van der Waals surface area contributed by atoms with Crippen LogP contribution in [0.1, 0.15) is 27.0 Å². The topological polar surface area (TPSA) is 121 Å². The molecule has 0 unspecified atom stereocenters. The van der Waals surface area contributed by atoms with E-state index in [-0.39, 0.29) is 26.7 Å². The zero-order valence-corrected chi connectivity index (χ0v) is 24.3. The first-order valence-corrected chi connectivity index (χ1v) is 15.4. The first kappa shape index (κ1) is 30.9. The van der Waals surface area contributed by atoms with Crippen LogP contribution in [0.2, 0.25) is 5.02 Å². The Bertz CT molecular complexity index is 1860. The minimum atomic E-state index is -4.78. The molecule has 1 amide bonds. The lowest BCUT2D eigenvalue weighted by atomic mass is 10.1. The lowest BCUT2D eigenvalue weighted by Crippen LogP contribution is -2.17. The Morgan fingerprint density at radius 3 is 1.90 bits per heavy atom. The molecule has 0 fully saturated rings. The number of hydrogen-bond donors (Lipinski definition) is 3. The number of benzene rings is 4. The summed E-state index contributed by atoms with van der Waals surface area (Å²) in [5, 5.41) is 1.98. The Morgan fingerprint density at radius 1 is 0.714 bits per heavy atom. The van der Waals surface area contributed by atoms with E-state index >= 15 is 0 Å². The van der Waals surface area contributed by atoms with Crippen LogP contribution in [0.25, 0.3) is 0 Å². The van der Waals surface area contributed by atoms with Gasteiger partial charge in [0, 0.05) is 22.6 Å². The molecule has 3 N–H and O–H groups in total. The average Bonchev–Trinajstić information content (AvgIpc) is 2.90. The molecule has 42 heavy (non-hydrogen) atoms. The van der Waals surface area contributed by atoms with Crippen LogP contribution in [0.4, 0.5) is 30.2 Å². The fraction of sp³-hybridized carbons (Fsp3) is 0.107. The molecule has 0 heterocycles. The van der Waals surface area contributed by atoms with Crippen molar-refractivity contribution in [3.05, 3.63) is 112 Å². The second-order valence-corrected chi connectivity index (χ2v) is 13.0. The van der Waals surface area contributed by atoms with Crippen LogP contribution in [0, 0.1) is 13.8 Å². The van der Waals surface area contributed by atoms with Gasteiger partial charge in [-0.3, -0.25) is 14.2 Å². The van der Waals surface area contributed by atoms with Crippen LogP contribution in [-0.2, 0) is 26.2 Å². The summed E-state index contributed by atoms with van der Waals surface area (Å²) >= 11 is 5.58. The van der Waals surface area contributed by atoms with Gasteiger partial charge in [0.15, 0.2) is 0 Å². The summed E-state index contributed by atoms with van der Waals surface area (Å²) in [6, 6.07) is 18.4. The molecule has 0 bridgehead atoms. The SMILES string of the molecule is Cc1ccc(NS(=O)(=O)c2cc(C(=O)Nc3ccc(S(=O)(=O)Nc4ccc(Cl)c(C(F)(F)F)c4)cc3)ccc2C)cc1. The van der Waals surface area contributed by atoms with Gasteiger partial charge in [0.2, 0.25) is 0 Å². The number of carbonyl (C=O) groups is 1. The molecular formula is C28H23ClF3N3O5S2. The normalized spacial score (nSPS) is 12.0. The first-order valence-electron chi connectivity index (χ1n) is 12.1. The molecule has 0 aromatic heterocycles. The van der Waals surface area contributed by atoms with Crippen molar-refractivity contribution in [3.8, 4) is 0 Å². The van der Waals surface area contributed by atoms with Crippen molar-refractivity contribution in [2.45, 2.75) is 29.8 Å². The third-order valence-electron chi connectivity index (χ3n) is 5.99. The molecule has 220 valence electrons. The standard InChI is InChI=1S/C28H23ClF3N3O5S2/c1-17-3-7-21(8-4-17)34-42(39,40)26-15-19(6-5-18(26)2)27(36)33-20-9-12-23(13-10-20)41(37,38)35-22-11-14-25(29)24(16-22)28(30,31)32/h3-16,34-35H,1-2H3,(H,33,36). The largest absolute Gasteiger partial charge is 0.417 e. The molecule has 0 saturated carbocycles. The predicted octanol–water partition coefficient (Wildman–Crippen LogP) is 6.83. The van der Waals surface area contributed by atoms with Crippen molar-refractivity contribution in [3.63, 3.8) is 0 Å². The highest BCUT2D eigenvalue weighted by atomic mass is 35.5. The van der Waals surface area contributed by atoms with Gasteiger partial charge >= 0.3 is 6.18 Å². The number of hydrogen-bond acceptors (Lipinski definition) is 5. The zero-order chi connectivity index (χ0) is 30.9. The zero-order valence-electron chi connectivity index (χ0n) is 22.0. The summed E-state index contributed by atoms with van der Waals surface area (Å²) in [6.45, 7) is 3.46. The number of rotatable bonds is 8. The molecule has 4 rings (SSSR count). The Kier molecular flexibility index (Phi) is 8.58. The van der Waals surface area contributed by atoms with Crippen molar-refractivity contribution in [2.75, 3.05) is 14.8 Å². The van der Waals surface area contributed by atoms with E-state index in [0.717, 1.165) is 29.8 Å². The highest BCUT2D eigenvalue weighted by Crippen LogP contribution is 2.36. The van der Waals surface area contributed by atoms with Gasteiger partial charge in [0.1, 0.15) is 0 Å². The van der Waals surface area contributed by atoms with Crippen molar-refractivity contribution in [2.24, 2.45) is 0 Å². The number of sulfonamides is 2. The van der Waals surface area contributed by atoms with Crippen LogP contribution in [-0.4, -0.2) is 22.7 Å². The van der Waals surface area contributed by atoms with Crippen LogP contribution in [0.5, 0.6) is 0 Å². The Balaban J connectivity index is 1.49. The van der Waals surface area contributed by atoms with E-state index in [0.29, 0.717) is 17.3 Å². The van der Waals surface area contributed by atoms with E-state index in [1.807, 2.05) is 6.92 Å². The molecule has 0 spiro atoms. The van der Waals surface area contributed by atoms with Crippen molar-refractivity contribution < 1.29 is 34.8 Å². The van der Waals surface area contributed by atoms with E-state index < -0.39 is 42.7 Å². The molecule has 8 nitrogen and oxygen atoms in total. The van der Waals surface area contributed by atoms with Gasteiger partial charge in [-0.15, -0.1) is 0 Å². The fourth-order valence-electron chi connectivity index (χ4n) is 3.80. The second kappa shape index (κ2) is 11.7. The molecule has 0 saturated heterocycles. The maximum absolute atomic E-state index is 13.1. The maximum atomic E-state index is 13.1. The van der Waals surface area contributed by atoms with Gasteiger partial charge < -0.3 is 5.32 Å². The van der Waals surface area contributed by atoms with Gasteiger partial charge in [-0.1, -0.05) is 35.4 Å². The molecule has 14 heteroatoms. The number of nitrogens with one attached hydrogen (secondary N) is 3. The van der Waals surface area contributed by atoms with E-state index in [1.54, 1.807) is 31.2 Å². The summed E-state index contributed by atoms with van der Waals surface area (Å²) in [7, 11) is -8.31. The summed E-state index contributed by atoms with van der Waals surface area (Å²) in [5.41, 5.74) is 0.411. The molecule has 0 atom stereocenters. The van der Waals surface area contributed by atoms with Gasteiger partial charge in [-0.2, -0.15) is 13.2 Å². The smallest absolute Gasteiger partial charge is 0.322 e. The summed E-state index contributed by atoms with van der Waals surface area (Å²) < 4.78 is 95.5. The number of alkyl halides is 3. The lowest BCUT2D eigenvalue weighted by molar-refractivity contribution is -0.137. The summed E-state index contributed by atoms with van der Waals surface area (Å²) in [4.78, 5) is 12.5. The number of carbonyl (C=O) groups excluding carboxylic acids is 1. The Hall–Kier alpha value is -4.07. The van der Waals surface area contributed by atoms with Crippen molar-refractivity contribution >= 4 is 54.6 Å². The molecule has 0 aliphatic carbocycles. The van der Waals surface area contributed by atoms with Gasteiger partial charge in [-0.05, 0) is 86.1 Å². The third-order valence-corrected chi connectivity index (χ3v) is 9.24. The van der Waals surface area contributed by atoms with E-state index in [9.17, 15) is 34.8 Å². The summed E-state index contributed by atoms with van der Waals surface area (Å²) in [6.07, 6.45) is -4.78. The quantitative estimate of drug-likeness (QED) is 0.196. The number of anilines is 3. The predicted molar refractivity (Wildman–Crippen MR) is 155 cm³/mol. The Labute approximate surface area is 245 Å². The summed E-state index contributed by atoms with van der Waals surface area (Å²) in [5.74, 6) is -0.656. The van der Waals surface area contributed by atoms with Crippen LogP contribution >= 0.6 is 11.6 Å². The minimum absolute atomic E-state index is 0.0338. The van der Waals surface area contributed by atoms with Gasteiger partial charge in [0.25, 0.3) is 26.0 Å². The Morgan fingerprint density at radius 2 is 1.29 bits per heavy atom. The lowest BCUT2D eigenvalue weighted by Gasteiger charge is -2.13. The molecule has 0 radical (unpaired) electrons.